The fourth-order valence-corrected chi connectivity index (χ4v) is 2.00. The Morgan fingerprint density at radius 2 is 1.90 bits per heavy atom. The lowest BCUT2D eigenvalue weighted by Crippen LogP contribution is -2.50. The summed E-state index contributed by atoms with van der Waals surface area (Å²) >= 11 is 0. The van der Waals surface area contributed by atoms with Crippen molar-refractivity contribution >= 4 is 12.0 Å². The third-order valence-electron chi connectivity index (χ3n) is 3.00. The average Bonchev–Trinajstić information content (AvgIpc) is 2.37. The molecule has 0 spiro atoms. The summed E-state index contributed by atoms with van der Waals surface area (Å²) in [7, 11) is 0. The van der Waals surface area contributed by atoms with Crippen molar-refractivity contribution in [1.82, 2.24) is 14.9 Å². The van der Waals surface area contributed by atoms with Gasteiger partial charge in [0.25, 0.3) is 0 Å². The highest BCUT2D eigenvalue weighted by molar-refractivity contribution is 5.68. The van der Waals surface area contributed by atoms with Gasteiger partial charge in [0.1, 0.15) is 5.60 Å². The number of nitrogens with zero attached hydrogens (tertiary/aromatic N) is 4. The molecule has 1 fully saturated rings. The van der Waals surface area contributed by atoms with Gasteiger partial charge in [-0.15, -0.1) is 0 Å². The van der Waals surface area contributed by atoms with Crippen molar-refractivity contribution in [3.63, 3.8) is 0 Å². The van der Waals surface area contributed by atoms with E-state index in [9.17, 15) is 4.79 Å². The molecule has 0 aliphatic carbocycles. The second-order valence-corrected chi connectivity index (χ2v) is 5.95. The van der Waals surface area contributed by atoms with E-state index in [1.165, 1.54) is 0 Å². The smallest absolute Gasteiger partial charge is 0.410 e. The molecule has 1 aromatic heterocycles. The monoisotopic (exact) mass is 278 g/mol. The number of amides is 1. The van der Waals surface area contributed by atoms with Crippen LogP contribution in [0.2, 0.25) is 0 Å². The van der Waals surface area contributed by atoms with Crippen molar-refractivity contribution in [2.45, 2.75) is 33.3 Å². The molecule has 20 heavy (non-hydrogen) atoms. The Morgan fingerprint density at radius 1 is 1.25 bits per heavy atom. The molecule has 2 rings (SSSR count). The first-order chi connectivity index (χ1) is 9.35. The van der Waals surface area contributed by atoms with E-state index in [4.69, 9.17) is 4.74 Å². The van der Waals surface area contributed by atoms with E-state index in [2.05, 4.69) is 14.9 Å². The van der Waals surface area contributed by atoms with Crippen LogP contribution >= 0.6 is 0 Å². The molecular formula is C14H22N4O2. The fraction of sp³-hybridized carbons (Fsp3) is 0.643. The van der Waals surface area contributed by atoms with Gasteiger partial charge in [-0.1, -0.05) is 0 Å². The molecule has 1 saturated heterocycles. The highest BCUT2D eigenvalue weighted by Gasteiger charge is 2.26. The molecule has 1 aliphatic rings. The van der Waals surface area contributed by atoms with Crippen LogP contribution in [0.1, 0.15) is 26.5 Å². The zero-order valence-corrected chi connectivity index (χ0v) is 12.6. The number of aryl methyl sites for hydroxylation is 1. The topological polar surface area (TPSA) is 58.6 Å². The molecule has 0 saturated carbocycles. The quantitative estimate of drug-likeness (QED) is 0.784. The van der Waals surface area contributed by atoms with E-state index < -0.39 is 5.60 Å². The first kappa shape index (κ1) is 14.6. The number of hydrogen-bond donors (Lipinski definition) is 0. The Kier molecular flexibility index (Phi) is 4.11. The molecule has 1 aromatic rings. The van der Waals surface area contributed by atoms with E-state index in [1.807, 2.05) is 33.8 Å². The van der Waals surface area contributed by atoms with Crippen LogP contribution in [0.15, 0.2) is 12.3 Å². The minimum Gasteiger partial charge on any atom is -0.444 e. The number of ether oxygens (including phenoxy) is 1. The van der Waals surface area contributed by atoms with Crippen LogP contribution in [-0.2, 0) is 4.74 Å². The molecule has 0 atom stereocenters. The van der Waals surface area contributed by atoms with E-state index >= 15 is 0 Å². The lowest BCUT2D eigenvalue weighted by molar-refractivity contribution is 0.0240. The number of carbonyl (C=O) groups excluding carboxylic acids is 1. The SMILES string of the molecule is Cc1ccnc(N2CCN(C(=O)OC(C)(C)C)CC2)n1. The highest BCUT2D eigenvalue weighted by atomic mass is 16.6. The predicted molar refractivity (Wildman–Crippen MR) is 76.8 cm³/mol. The molecular weight excluding hydrogens is 256 g/mol. The first-order valence-electron chi connectivity index (χ1n) is 6.88. The molecule has 0 aromatic carbocycles. The third kappa shape index (κ3) is 3.82. The summed E-state index contributed by atoms with van der Waals surface area (Å²) in [6.45, 7) is 10.3. The highest BCUT2D eigenvalue weighted by Crippen LogP contribution is 2.14. The molecule has 1 aliphatic heterocycles. The molecule has 6 nitrogen and oxygen atoms in total. The normalized spacial score (nSPS) is 16.2. The van der Waals surface area contributed by atoms with Crippen LogP contribution < -0.4 is 4.90 Å². The molecule has 0 unspecified atom stereocenters. The molecule has 1 amide bonds. The van der Waals surface area contributed by atoms with Gasteiger partial charge in [0.05, 0.1) is 0 Å². The Morgan fingerprint density at radius 3 is 2.45 bits per heavy atom. The van der Waals surface area contributed by atoms with Crippen LogP contribution in [0.4, 0.5) is 10.7 Å². The second-order valence-electron chi connectivity index (χ2n) is 5.95. The van der Waals surface area contributed by atoms with Gasteiger partial charge in [0.15, 0.2) is 0 Å². The van der Waals surface area contributed by atoms with Gasteiger partial charge in [-0.3, -0.25) is 0 Å². The van der Waals surface area contributed by atoms with Gasteiger partial charge in [0, 0.05) is 38.1 Å². The van der Waals surface area contributed by atoms with Crippen molar-refractivity contribution in [2.24, 2.45) is 0 Å². The van der Waals surface area contributed by atoms with Crippen molar-refractivity contribution < 1.29 is 9.53 Å². The number of piperazine rings is 1. The Hall–Kier alpha value is -1.85. The second kappa shape index (κ2) is 5.64. The minimum absolute atomic E-state index is 0.248. The molecule has 110 valence electrons. The minimum atomic E-state index is -0.451. The van der Waals surface area contributed by atoms with Gasteiger partial charge in [-0.2, -0.15) is 0 Å². The number of aromatic nitrogens is 2. The maximum absolute atomic E-state index is 12.0. The van der Waals surface area contributed by atoms with Crippen LogP contribution in [0, 0.1) is 6.92 Å². The van der Waals surface area contributed by atoms with E-state index in [-0.39, 0.29) is 6.09 Å². The van der Waals surface area contributed by atoms with Crippen molar-refractivity contribution in [1.29, 1.82) is 0 Å². The maximum Gasteiger partial charge on any atom is 0.410 e. The van der Waals surface area contributed by atoms with Crippen LogP contribution in [0.5, 0.6) is 0 Å². The largest absolute Gasteiger partial charge is 0.444 e. The summed E-state index contributed by atoms with van der Waals surface area (Å²) in [5.41, 5.74) is 0.498. The van der Waals surface area contributed by atoms with Gasteiger partial charge < -0.3 is 14.5 Å². The summed E-state index contributed by atoms with van der Waals surface area (Å²) in [5, 5.41) is 0. The molecule has 2 heterocycles. The molecule has 0 radical (unpaired) electrons. The molecule has 0 bridgehead atoms. The lowest BCUT2D eigenvalue weighted by Gasteiger charge is -2.35. The number of carbonyl (C=O) groups is 1. The number of hydrogen-bond acceptors (Lipinski definition) is 5. The van der Waals surface area contributed by atoms with Crippen molar-refractivity contribution in [2.75, 3.05) is 31.1 Å². The van der Waals surface area contributed by atoms with Crippen molar-refractivity contribution in [3.8, 4) is 0 Å². The summed E-state index contributed by atoms with van der Waals surface area (Å²) in [6.07, 6.45) is 1.51. The average molecular weight is 278 g/mol. The summed E-state index contributed by atoms with van der Waals surface area (Å²) in [4.78, 5) is 24.5. The first-order valence-corrected chi connectivity index (χ1v) is 6.88. The zero-order chi connectivity index (χ0) is 14.8. The summed E-state index contributed by atoms with van der Waals surface area (Å²) < 4.78 is 5.37. The summed E-state index contributed by atoms with van der Waals surface area (Å²) in [5.74, 6) is 0.730. The Bertz CT molecular complexity index is 476. The maximum atomic E-state index is 12.0. The number of anilines is 1. The van der Waals surface area contributed by atoms with Gasteiger partial charge in [0.2, 0.25) is 5.95 Å². The van der Waals surface area contributed by atoms with Gasteiger partial charge >= 0.3 is 6.09 Å². The van der Waals surface area contributed by atoms with Crippen LogP contribution in [0.25, 0.3) is 0 Å². The summed E-state index contributed by atoms with van der Waals surface area (Å²) in [6, 6.07) is 1.88. The fourth-order valence-electron chi connectivity index (χ4n) is 2.00. The van der Waals surface area contributed by atoms with Crippen LogP contribution in [-0.4, -0.2) is 52.7 Å². The number of rotatable bonds is 1. The zero-order valence-electron chi connectivity index (χ0n) is 12.6. The Labute approximate surface area is 119 Å². The van der Waals surface area contributed by atoms with Gasteiger partial charge in [-0.25, -0.2) is 14.8 Å². The third-order valence-corrected chi connectivity index (χ3v) is 3.00. The standard InChI is InChI=1S/C14H22N4O2/c1-11-5-6-15-12(16-11)17-7-9-18(10-8-17)13(19)20-14(2,3)4/h5-6H,7-10H2,1-4H3. The van der Waals surface area contributed by atoms with Crippen LogP contribution in [0.3, 0.4) is 0 Å². The van der Waals surface area contributed by atoms with Gasteiger partial charge in [-0.05, 0) is 33.8 Å². The molecule has 0 N–H and O–H groups in total. The molecule has 6 heteroatoms. The predicted octanol–water partition coefficient (Wildman–Crippen LogP) is 1.84. The lowest BCUT2D eigenvalue weighted by atomic mass is 10.2. The van der Waals surface area contributed by atoms with E-state index in [0.717, 1.165) is 24.7 Å². The van der Waals surface area contributed by atoms with E-state index in [1.54, 1.807) is 11.1 Å². The van der Waals surface area contributed by atoms with E-state index in [0.29, 0.717) is 13.1 Å². The van der Waals surface area contributed by atoms with Crippen molar-refractivity contribution in [3.05, 3.63) is 18.0 Å². The Balaban J connectivity index is 1.91.